The van der Waals surface area contributed by atoms with Crippen molar-refractivity contribution < 1.29 is 13.6 Å². The largest absolute Gasteiger partial charge is 0.460 e. The second-order valence-electron chi connectivity index (χ2n) is 5.02. The van der Waals surface area contributed by atoms with Crippen LogP contribution in [0.2, 0.25) is 5.02 Å². The van der Waals surface area contributed by atoms with Gasteiger partial charge in [0.1, 0.15) is 17.3 Å². The van der Waals surface area contributed by atoms with E-state index in [0.717, 1.165) is 5.56 Å². The van der Waals surface area contributed by atoms with Gasteiger partial charge in [-0.05, 0) is 49.4 Å². The van der Waals surface area contributed by atoms with Crippen LogP contribution in [0.1, 0.15) is 16.1 Å². The zero-order chi connectivity index (χ0) is 16.4. The monoisotopic (exact) mass is 329 g/mol. The molecule has 1 N–H and O–H groups in total. The number of carbonyl (C=O) groups is 1. The fraction of sp³-hybridized carbons (Fsp3) is 0.0556. The molecule has 0 spiro atoms. The molecule has 1 aromatic heterocycles. The number of rotatable bonds is 3. The van der Waals surface area contributed by atoms with Crippen molar-refractivity contribution >= 4 is 23.2 Å². The molecule has 0 aliphatic rings. The molecule has 0 radical (unpaired) electrons. The molecule has 3 nitrogen and oxygen atoms in total. The first-order valence-corrected chi connectivity index (χ1v) is 7.34. The summed E-state index contributed by atoms with van der Waals surface area (Å²) < 4.78 is 18.6. The zero-order valence-electron chi connectivity index (χ0n) is 12.3. The predicted octanol–water partition coefficient (Wildman–Crippen LogP) is 5.30. The maximum absolute atomic E-state index is 12.9. The summed E-state index contributed by atoms with van der Waals surface area (Å²) in [5.74, 6) is 0.330. The number of anilines is 1. The van der Waals surface area contributed by atoms with Crippen molar-refractivity contribution in [3.05, 3.63) is 76.8 Å². The van der Waals surface area contributed by atoms with Crippen molar-refractivity contribution in [1.29, 1.82) is 0 Å². The van der Waals surface area contributed by atoms with Crippen LogP contribution in [0.3, 0.4) is 0 Å². The first-order valence-electron chi connectivity index (χ1n) is 6.97. The SMILES string of the molecule is Cc1oc(-c2ccccc2Cl)cc1C(=O)Nc1ccc(F)cc1. The van der Waals surface area contributed by atoms with Gasteiger partial charge in [-0.2, -0.15) is 0 Å². The van der Waals surface area contributed by atoms with Gasteiger partial charge in [0.2, 0.25) is 0 Å². The van der Waals surface area contributed by atoms with Crippen molar-refractivity contribution in [2.45, 2.75) is 6.92 Å². The molecule has 0 unspecified atom stereocenters. The highest BCUT2D eigenvalue weighted by molar-refractivity contribution is 6.33. The van der Waals surface area contributed by atoms with Crippen LogP contribution in [0.15, 0.2) is 59.0 Å². The summed E-state index contributed by atoms with van der Waals surface area (Å²) in [6.45, 7) is 1.71. The van der Waals surface area contributed by atoms with Gasteiger partial charge in [0.05, 0.1) is 10.6 Å². The summed E-state index contributed by atoms with van der Waals surface area (Å²) in [5, 5.41) is 3.25. The lowest BCUT2D eigenvalue weighted by Crippen LogP contribution is -2.11. The summed E-state index contributed by atoms with van der Waals surface area (Å²) >= 11 is 6.15. The molecule has 23 heavy (non-hydrogen) atoms. The van der Waals surface area contributed by atoms with E-state index in [0.29, 0.717) is 27.8 Å². The minimum absolute atomic E-state index is 0.323. The number of hydrogen-bond acceptors (Lipinski definition) is 2. The van der Waals surface area contributed by atoms with Crippen molar-refractivity contribution in [2.75, 3.05) is 5.32 Å². The van der Waals surface area contributed by atoms with Crippen LogP contribution in [0.5, 0.6) is 0 Å². The Bertz CT molecular complexity index is 856. The Morgan fingerprint density at radius 2 is 1.83 bits per heavy atom. The Hall–Kier alpha value is -2.59. The molecule has 116 valence electrons. The molecule has 2 aromatic carbocycles. The summed E-state index contributed by atoms with van der Waals surface area (Å²) in [6.07, 6.45) is 0. The Morgan fingerprint density at radius 1 is 1.13 bits per heavy atom. The highest BCUT2D eigenvalue weighted by Crippen LogP contribution is 2.31. The van der Waals surface area contributed by atoms with E-state index in [4.69, 9.17) is 16.0 Å². The van der Waals surface area contributed by atoms with Crippen molar-refractivity contribution in [3.8, 4) is 11.3 Å². The third-order valence-corrected chi connectivity index (χ3v) is 3.73. The van der Waals surface area contributed by atoms with E-state index in [-0.39, 0.29) is 11.7 Å². The zero-order valence-corrected chi connectivity index (χ0v) is 13.0. The van der Waals surface area contributed by atoms with Crippen LogP contribution in [0, 0.1) is 12.7 Å². The minimum Gasteiger partial charge on any atom is -0.460 e. The maximum Gasteiger partial charge on any atom is 0.259 e. The smallest absolute Gasteiger partial charge is 0.259 e. The number of halogens is 2. The van der Waals surface area contributed by atoms with E-state index in [1.165, 1.54) is 24.3 Å². The number of amides is 1. The van der Waals surface area contributed by atoms with Gasteiger partial charge < -0.3 is 9.73 Å². The number of furan rings is 1. The van der Waals surface area contributed by atoms with Crippen LogP contribution < -0.4 is 5.32 Å². The molecule has 1 heterocycles. The first-order chi connectivity index (χ1) is 11.0. The van der Waals surface area contributed by atoms with E-state index in [1.807, 2.05) is 18.2 Å². The highest BCUT2D eigenvalue weighted by atomic mass is 35.5. The normalized spacial score (nSPS) is 10.6. The van der Waals surface area contributed by atoms with Gasteiger partial charge in [-0.25, -0.2) is 4.39 Å². The summed E-state index contributed by atoms with van der Waals surface area (Å²) in [6, 6.07) is 14.5. The van der Waals surface area contributed by atoms with E-state index < -0.39 is 0 Å². The Balaban J connectivity index is 1.87. The van der Waals surface area contributed by atoms with E-state index >= 15 is 0 Å². The molecule has 1 amide bonds. The average Bonchev–Trinajstić information content (AvgIpc) is 2.92. The van der Waals surface area contributed by atoms with E-state index in [9.17, 15) is 9.18 Å². The summed E-state index contributed by atoms with van der Waals surface area (Å²) in [5.41, 5.74) is 1.64. The molecule has 0 aliphatic carbocycles. The number of hydrogen-bond donors (Lipinski definition) is 1. The van der Waals surface area contributed by atoms with Crippen LogP contribution >= 0.6 is 11.6 Å². The van der Waals surface area contributed by atoms with Gasteiger partial charge in [0, 0.05) is 11.3 Å². The number of carbonyl (C=O) groups excluding carboxylic acids is 1. The van der Waals surface area contributed by atoms with Gasteiger partial charge in [0.25, 0.3) is 5.91 Å². The molecule has 0 fully saturated rings. The minimum atomic E-state index is -0.358. The summed E-state index contributed by atoms with van der Waals surface area (Å²) in [4.78, 5) is 12.4. The van der Waals surface area contributed by atoms with Crippen LogP contribution in [0.4, 0.5) is 10.1 Å². The molecule has 0 saturated carbocycles. The Labute approximate surface area is 137 Å². The van der Waals surface area contributed by atoms with Crippen molar-refractivity contribution in [2.24, 2.45) is 0 Å². The van der Waals surface area contributed by atoms with Gasteiger partial charge in [0.15, 0.2) is 0 Å². The van der Waals surface area contributed by atoms with Crippen LogP contribution in [0.25, 0.3) is 11.3 Å². The lowest BCUT2D eigenvalue weighted by atomic mass is 10.1. The third-order valence-electron chi connectivity index (χ3n) is 3.40. The molecule has 5 heteroatoms. The molecule has 0 aliphatic heterocycles. The first kappa shape index (κ1) is 15.3. The number of aryl methyl sites for hydroxylation is 1. The second kappa shape index (κ2) is 6.26. The fourth-order valence-corrected chi connectivity index (χ4v) is 2.46. The molecule has 3 rings (SSSR count). The molecule has 0 atom stereocenters. The van der Waals surface area contributed by atoms with Crippen molar-refractivity contribution in [3.63, 3.8) is 0 Å². The third kappa shape index (κ3) is 3.27. The molecule has 3 aromatic rings. The average molecular weight is 330 g/mol. The van der Waals surface area contributed by atoms with Crippen LogP contribution in [-0.4, -0.2) is 5.91 Å². The van der Waals surface area contributed by atoms with Gasteiger partial charge in [-0.1, -0.05) is 23.7 Å². The quantitative estimate of drug-likeness (QED) is 0.708. The van der Waals surface area contributed by atoms with E-state index in [1.54, 1.807) is 19.1 Å². The molecule has 0 saturated heterocycles. The summed E-state index contributed by atoms with van der Waals surface area (Å²) in [7, 11) is 0. The van der Waals surface area contributed by atoms with Gasteiger partial charge in [-0.15, -0.1) is 0 Å². The van der Waals surface area contributed by atoms with Crippen molar-refractivity contribution in [1.82, 2.24) is 0 Å². The van der Waals surface area contributed by atoms with E-state index in [2.05, 4.69) is 5.32 Å². The lowest BCUT2D eigenvalue weighted by molar-refractivity contribution is 0.102. The molecular formula is C18H13ClFNO2. The number of nitrogens with one attached hydrogen (secondary N) is 1. The molecule has 0 bridgehead atoms. The predicted molar refractivity (Wildman–Crippen MR) is 88.2 cm³/mol. The van der Waals surface area contributed by atoms with Crippen LogP contribution in [-0.2, 0) is 0 Å². The second-order valence-corrected chi connectivity index (χ2v) is 5.43. The fourth-order valence-electron chi connectivity index (χ4n) is 2.23. The van der Waals surface area contributed by atoms with Gasteiger partial charge in [-0.3, -0.25) is 4.79 Å². The van der Waals surface area contributed by atoms with Gasteiger partial charge >= 0.3 is 0 Å². The Kier molecular flexibility index (Phi) is 4.17. The number of benzene rings is 2. The topological polar surface area (TPSA) is 42.2 Å². The lowest BCUT2D eigenvalue weighted by Gasteiger charge is -2.03. The molecular weight excluding hydrogens is 317 g/mol. The Morgan fingerprint density at radius 3 is 2.52 bits per heavy atom. The standard InChI is InChI=1S/C18H13ClFNO2/c1-11-15(18(22)21-13-8-6-12(20)7-9-13)10-17(23-11)14-4-2-3-5-16(14)19/h2-10H,1H3,(H,21,22). The highest BCUT2D eigenvalue weighted by Gasteiger charge is 2.17. The maximum atomic E-state index is 12.9.